The molecule has 6 heteroatoms. The first-order valence-corrected chi connectivity index (χ1v) is 9.16. The van der Waals surface area contributed by atoms with Crippen LogP contribution in [-0.2, 0) is 4.79 Å². The van der Waals surface area contributed by atoms with Crippen LogP contribution in [0.25, 0.3) is 0 Å². The summed E-state index contributed by atoms with van der Waals surface area (Å²) in [6.45, 7) is 9.15. The van der Waals surface area contributed by atoms with Gasteiger partial charge in [-0.2, -0.15) is 0 Å². The highest BCUT2D eigenvalue weighted by Crippen LogP contribution is 2.24. The molecule has 1 aromatic rings. The van der Waals surface area contributed by atoms with Crippen molar-refractivity contribution in [1.82, 2.24) is 9.80 Å². The zero-order valence-electron chi connectivity index (χ0n) is 15.0. The van der Waals surface area contributed by atoms with Crippen LogP contribution in [0.1, 0.15) is 26.7 Å². The Morgan fingerprint density at radius 3 is 2.52 bits per heavy atom. The summed E-state index contributed by atoms with van der Waals surface area (Å²) in [5.74, 6) is -0.259. The van der Waals surface area contributed by atoms with Crippen LogP contribution in [0.15, 0.2) is 18.2 Å². The molecule has 138 valence electrons. The van der Waals surface area contributed by atoms with E-state index in [4.69, 9.17) is 0 Å². The van der Waals surface area contributed by atoms with Crippen molar-refractivity contribution in [3.05, 3.63) is 29.8 Å². The Morgan fingerprint density at radius 1 is 1.16 bits per heavy atom. The Morgan fingerprint density at radius 2 is 1.88 bits per heavy atom. The summed E-state index contributed by atoms with van der Waals surface area (Å²) in [4.78, 5) is 18.3. The van der Waals surface area contributed by atoms with Gasteiger partial charge in [-0.25, -0.2) is 8.78 Å². The lowest BCUT2D eigenvalue weighted by Gasteiger charge is -2.41. The molecule has 0 radical (unpaired) electrons. The lowest BCUT2D eigenvalue weighted by atomic mass is 9.95. The van der Waals surface area contributed by atoms with Gasteiger partial charge < -0.3 is 9.80 Å². The lowest BCUT2D eigenvalue weighted by Crippen LogP contribution is -2.51. The van der Waals surface area contributed by atoms with Gasteiger partial charge in [-0.05, 0) is 38.3 Å². The van der Waals surface area contributed by atoms with Crippen LogP contribution in [0.3, 0.4) is 0 Å². The smallest absolute Gasteiger partial charge is 0.222 e. The average Bonchev–Trinajstić information content (AvgIpc) is 2.57. The molecule has 0 N–H and O–H groups in total. The molecule has 25 heavy (non-hydrogen) atoms. The molecule has 2 heterocycles. The number of carbonyl (C=O) groups is 1. The first-order valence-electron chi connectivity index (χ1n) is 9.16. The molecule has 0 spiro atoms. The number of anilines is 1. The molecule has 1 amide bonds. The monoisotopic (exact) mass is 351 g/mol. The molecule has 0 aromatic heterocycles. The number of rotatable bonds is 4. The van der Waals surface area contributed by atoms with Crippen molar-refractivity contribution in [2.45, 2.75) is 32.7 Å². The number of hydrogen-bond acceptors (Lipinski definition) is 3. The van der Waals surface area contributed by atoms with E-state index in [1.807, 2.05) is 9.80 Å². The van der Waals surface area contributed by atoms with Crippen molar-refractivity contribution < 1.29 is 13.6 Å². The average molecular weight is 351 g/mol. The highest BCUT2D eigenvalue weighted by Gasteiger charge is 2.29. The predicted molar refractivity (Wildman–Crippen MR) is 94.6 cm³/mol. The summed E-state index contributed by atoms with van der Waals surface area (Å²) in [5.41, 5.74) is 0.482. The minimum atomic E-state index is -0.540. The second-order valence-corrected chi connectivity index (χ2v) is 7.43. The first-order chi connectivity index (χ1) is 11.9. The zero-order chi connectivity index (χ0) is 18.0. The van der Waals surface area contributed by atoms with E-state index in [1.165, 1.54) is 12.1 Å². The maximum Gasteiger partial charge on any atom is 0.222 e. The van der Waals surface area contributed by atoms with Gasteiger partial charge in [0.2, 0.25) is 5.91 Å². The van der Waals surface area contributed by atoms with Gasteiger partial charge in [0.1, 0.15) is 11.6 Å². The second-order valence-electron chi connectivity index (χ2n) is 7.43. The number of piperidine rings is 1. The molecule has 1 aromatic carbocycles. The van der Waals surface area contributed by atoms with E-state index in [0.717, 1.165) is 51.8 Å². The molecule has 4 nitrogen and oxygen atoms in total. The van der Waals surface area contributed by atoms with Gasteiger partial charge in [-0.3, -0.25) is 9.69 Å². The number of benzene rings is 1. The van der Waals surface area contributed by atoms with Gasteiger partial charge in [0, 0.05) is 57.8 Å². The molecule has 0 saturated carbocycles. The topological polar surface area (TPSA) is 26.8 Å². The number of nitrogens with zero attached hydrogens (tertiary/aromatic N) is 3. The summed E-state index contributed by atoms with van der Waals surface area (Å²) < 4.78 is 27.0. The highest BCUT2D eigenvalue weighted by molar-refractivity contribution is 5.77. The quantitative estimate of drug-likeness (QED) is 0.835. The number of piperazine rings is 1. The van der Waals surface area contributed by atoms with E-state index < -0.39 is 11.6 Å². The molecule has 2 aliphatic heterocycles. The predicted octanol–water partition coefficient (Wildman–Crippen LogP) is 2.73. The van der Waals surface area contributed by atoms with Gasteiger partial charge in [0.15, 0.2) is 0 Å². The Labute approximate surface area is 148 Å². The van der Waals surface area contributed by atoms with Crippen LogP contribution < -0.4 is 4.90 Å². The summed E-state index contributed by atoms with van der Waals surface area (Å²) in [7, 11) is 0. The first kappa shape index (κ1) is 18.1. The maximum atomic E-state index is 13.9. The van der Waals surface area contributed by atoms with Crippen LogP contribution in [0, 0.1) is 17.6 Å². The molecule has 1 atom stereocenters. The molecule has 0 bridgehead atoms. The third-order valence-electron chi connectivity index (χ3n) is 5.30. The number of carbonyl (C=O) groups excluding carboxylic acids is 1. The molecular formula is C19H27F2N3O. The highest BCUT2D eigenvalue weighted by atomic mass is 19.1. The van der Waals surface area contributed by atoms with Crippen LogP contribution in [0.4, 0.5) is 14.5 Å². The van der Waals surface area contributed by atoms with Crippen LogP contribution in [-0.4, -0.2) is 61.0 Å². The second kappa shape index (κ2) is 7.68. The molecule has 1 unspecified atom stereocenters. The minimum Gasteiger partial charge on any atom is -0.367 e. The van der Waals surface area contributed by atoms with Crippen LogP contribution in [0.2, 0.25) is 0 Å². The number of hydrogen-bond donors (Lipinski definition) is 0. The fourth-order valence-corrected chi connectivity index (χ4v) is 3.86. The number of halogens is 2. The Bertz CT molecular complexity index is 615. The van der Waals surface area contributed by atoms with E-state index in [0.29, 0.717) is 18.0 Å². The van der Waals surface area contributed by atoms with Gasteiger partial charge in [0.25, 0.3) is 0 Å². The minimum absolute atomic E-state index is 0.258. The third kappa shape index (κ3) is 4.29. The molecule has 0 aliphatic carbocycles. The Balaban J connectivity index is 1.52. The molecule has 2 saturated heterocycles. The standard InChI is InChI=1S/C19H27F2N3O/c1-14(2)24-13-15(3-6-19(24)25)12-22-7-9-23(10-8-22)18-5-4-16(20)11-17(18)21/h4-5,11,14-15H,3,6-10,12-13H2,1-2H3. The van der Waals surface area contributed by atoms with Gasteiger partial charge >= 0.3 is 0 Å². The maximum absolute atomic E-state index is 13.9. The summed E-state index contributed by atoms with van der Waals surface area (Å²) in [5, 5.41) is 0. The molecule has 3 rings (SSSR count). The summed E-state index contributed by atoms with van der Waals surface area (Å²) >= 11 is 0. The Kier molecular flexibility index (Phi) is 5.57. The fourth-order valence-electron chi connectivity index (χ4n) is 3.86. The van der Waals surface area contributed by atoms with Crippen LogP contribution >= 0.6 is 0 Å². The van der Waals surface area contributed by atoms with E-state index in [2.05, 4.69) is 18.7 Å². The van der Waals surface area contributed by atoms with Gasteiger partial charge in [0.05, 0.1) is 5.69 Å². The number of likely N-dealkylation sites (tertiary alicyclic amines) is 1. The fraction of sp³-hybridized carbons (Fsp3) is 0.632. The number of amides is 1. The van der Waals surface area contributed by atoms with Crippen molar-refractivity contribution in [1.29, 1.82) is 0 Å². The third-order valence-corrected chi connectivity index (χ3v) is 5.30. The SMILES string of the molecule is CC(C)N1CC(CN2CCN(c3ccc(F)cc3F)CC2)CCC1=O. The van der Waals surface area contributed by atoms with E-state index >= 15 is 0 Å². The van der Waals surface area contributed by atoms with Crippen molar-refractivity contribution in [2.75, 3.05) is 44.2 Å². The summed E-state index contributed by atoms with van der Waals surface area (Å²) in [6, 6.07) is 4.03. The van der Waals surface area contributed by atoms with Crippen molar-refractivity contribution >= 4 is 11.6 Å². The van der Waals surface area contributed by atoms with Crippen LogP contribution in [0.5, 0.6) is 0 Å². The normalized spacial score (nSPS) is 22.8. The van der Waals surface area contributed by atoms with E-state index in [1.54, 1.807) is 0 Å². The van der Waals surface area contributed by atoms with Gasteiger partial charge in [-0.15, -0.1) is 0 Å². The lowest BCUT2D eigenvalue weighted by molar-refractivity contribution is -0.136. The van der Waals surface area contributed by atoms with Crippen molar-refractivity contribution in [3.63, 3.8) is 0 Å². The largest absolute Gasteiger partial charge is 0.367 e. The van der Waals surface area contributed by atoms with Crippen molar-refractivity contribution in [3.8, 4) is 0 Å². The molecular weight excluding hydrogens is 324 g/mol. The summed E-state index contributed by atoms with van der Waals surface area (Å²) in [6.07, 6.45) is 1.60. The molecule has 2 fully saturated rings. The molecule has 2 aliphatic rings. The van der Waals surface area contributed by atoms with Gasteiger partial charge in [-0.1, -0.05) is 0 Å². The van der Waals surface area contributed by atoms with E-state index in [-0.39, 0.29) is 11.9 Å². The Hall–Kier alpha value is -1.69. The van der Waals surface area contributed by atoms with E-state index in [9.17, 15) is 13.6 Å². The van der Waals surface area contributed by atoms with Crippen molar-refractivity contribution in [2.24, 2.45) is 5.92 Å². The zero-order valence-corrected chi connectivity index (χ0v) is 15.0.